The van der Waals surface area contributed by atoms with Crippen molar-refractivity contribution in [2.24, 2.45) is 14.1 Å². The van der Waals surface area contributed by atoms with E-state index in [9.17, 15) is 9.59 Å². The van der Waals surface area contributed by atoms with E-state index in [0.717, 1.165) is 10.3 Å². The Bertz CT molecular complexity index is 729. The summed E-state index contributed by atoms with van der Waals surface area (Å²) in [6.45, 7) is 4.24. The maximum atomic E-state index is 12.0. The largest absolute Gasteiger partial charge is 0.332 e. The van der Waals surface area contributed by atoms with E-state index in [1.165, 1.54) is 17.7 Å². The second-order valence-corrected chi connectivity index (χ2v) is 4.48. The molecule has 2 aromatic rings. The highest BCUT2D eigenvalue weighted by Gasteiger charge is 2.13. The van der Waals surface area contributed by atoms with Gasteiger partial charge in [-0.2, -0.15) is 0 Å². The van der Waals surface area contributed by atoms with Crippen LogP contribution in [-0.2, 0) is 14.1 Å². The lowest BCUT2D eigenvalue weighted by Gasteiger charge is -2.25. The van der Waals surface area contributed by atoms with Crippen molar-refractivity contribution in [3.05, 3.63) is 69.9 Å². The van der Waals surface area contributed by atoms with Crippen LogP contribution in [0.3, 0.4) is 0 Å². The summed E-state index contributed by atoms with van der Waals surface area (Å²) in [7, 11) is 3.12. The van der Waals surface area contributed by atoms with Gasteiger partial charge in [-0.05, 0) is 12.1 Å². The van der Waals surface area contributed by atoms with Crippen LogP contribution in [0, 0.1) is 0 Å². The molecule has 0 N–H and O–H groups in total. The number of anilines is 2. The van der Waals surface area contributed by atoms with Gasteiger partial charge in [0, 0.05) is 32.4 Å². The summed E-state index contributed by atoms with van der Waals surface area (Å²) < 4.78 is 2.54. The molecule has 0 atom stereocenters. The minimum absolute atomic E-state index is 0.326. The fourth-order valence-corrected chi connectivity index (χ4v) is 2.05. The third kappa shape index (κ3) is 2.42. The van der Waals surface area contributed by atoms with Crippen molar-refractivity contribution < 1.29 is 0 Å². The molecule has 1 aromatic heterocycles. The average molecular weight is 271 g/mol. The maximum Gasteiger partial charge on any atom is 0.332 e. The second kappa shape index (κ2) is 5.61. The molecule has 2 rings (SSSR count). The molecule has 0 saturated carbocycles. The fourth-order valence-electron chi connectivity index (χ4n) is 2.05. The molecule has 0 bridgehead atoms. The highest BCUT2D eigenvalue weighted by Crippen LogP contribution is 2.22. The van der Waals surface area contributed by atoms with Crippen LogP contribution in [0.25, 0.3) is 0 Å². The van der Waals surface area contributed by atoms with Crippen LogP contribution in [0.15, 0.2) is 58.6 Å². The first-order valence-corrected chi connectivity index (χ1v) is 6.27. The summed E-state index contributed by atoms with van der Waals surface area (Å²) in [6, 6.07) is 11.0. The summed E-state index contributed by atoms with van der Waals surface area (Å²) >= 11 is 0. The number of hydrogen-bond acceptors (Lipinski definition) is 3. The normalized spacial score (nSPS) is 10.3. The van der Waals surface area contributed by atoms with Gasteiger partial charge < -0.3 is 4.90 Å². The molecular weight excluding hydrogens is 254 g/mol. The van der Waals surface area contributed by atoms with Gasteiger partial charge in [0.2, 0.25) is 0 Å². The van der Waals surface area contributed by atoms with Crippen molar-refractivity contribution in [1.82, 2.24) is 9.13 Å². The van der Waals surface area contributed by atoms with Gasteiger partial charge in [-0.15, -0.1) is 6.58 Å². The molecule has 0 unspecified atom stereocenters. The van der Waals surface area contributed by atoms with Gasteiger partial charge >= 0.3 is 5.69 Å². The first-order valence-electron chi connectivity index (χ1n) is 6.27. The van der Waals surface area contributed by atoms with Gasteiger partial charge in [-0.1, -0.05) is 24.3 Å². The minimum Gasteiger partial charge on any atom is -0.324 e. The van der Waals surface area contributed by atoms with Crippen molar-refractivity contribution >= 4 is 11.5 Å². The van der Waals surface area contributed by atoms with Crippen LogP contribution < -0.4 is 16.1 Å². The Morgan fingerprint density at radius 2 is 1.80 bits per heavy atom. The molecule has 5 nitrogen and oxygen atoms in total. The van der Waals surface area contributed by atoms with Crippen LogP contribution in [0.2, 0.25) is 0 Å². The van der Waals surface area contributed by atoms with E-state index in [-0.39, 0.29) is 11.2 Å². The van der Waals surface area contributed by atoms with E-state index >= 15 is 0 Å². The van der Waals surface area contributed by atoms with Gasteiger partial charge in [-0.25, -0.2) is 4.79 Å². The molecule has 1 aromatic carbocycles. The van der Waals surface area contributed by atoms with Gasteiger partial charge in [0.15, 0.2) is 0 Å². The quantitative estimate of drug-likeness (QED) is 0.790. The number of aromatic nitrogens is 2. The summed E-state index contributed by atoms with van der Waals surface area (Å²) in [5.74, 6) is 0.546. The van der Waals surface area contributed by atoms with E-state index in [4.69, 9.17) is 0 Å². The topological polar surface area (TPSA) is 47.2 Å². The molecule has 0 aliphatic heterocycles. The van der Waals surface area contributed by atoms with Crippen molar-refractivity contribution in [2.45, 2.75) is 0 Å². The molecule has 1 heterocycles. The molecule has 0 spiro atoms. The Morgan fingerprint density at radius 3 is 2.40 bits per heavy atom. The molecule has 0 radical (unpaired) electrons. The van der Waals surface area contributed by atoms with Crippen LogP contribution in [0.5, 0.6) is 0 Å². The van der Waals surface area contributed by atoms with E-state index in [2.05, 4.69) is 6.58 Å². The van der Waals surface area contributed by atoms with Crippen molar-refractivity contribution in [3.8, 4) is 0 Å². The smallest absolute Gasteiger partial charge is 0.324 e. The van der Waals surface area contributed by atoms with Gasteiger partial charge in [-0.3, -0.25) is 13.9 Å². The highest BCUT2D eigenvalue weighted by molar-refractivity contribution is 5.60. The summed E-state index contributed by atoms with van der Waals surface area (Å²) in [5.41, 5.74) is 0.223. The summed E-state index contributed by atoms with van der Waals surface area (Å²) in [5, 5.41) is 0. The zero-order valence-electron chi connectivity index (χ0n) is 11.6. The third-order valence-electron chi connectivity index (χ3n) is 3.16. The first kappa shape index (κ1) is 13.9. The van der Waals surface area contributed by atoms with Gasteiger partial charge in [0.25, 0.3) is 5.56 Å². The summed E-state index contributed by atoms with van der Waals surface area (Å²) in [6.07, 6.45) is 1.73. The number of benzene rings is 1. The van der Waals surface area contributed by atoms with E-state index in [1.54, 1.807) is 13.1 Å². The molecule has 0 fully saturated rings. The van der Waals surface area contributed by atoms with Gasteiger partial charge in [0.1, 0.15) is 5.82 Å². The molecule has 0 aliphatic carbocycles. The average Bonchev–Trinajstić information content (AvgIpc) is 2.47. The lowest BCUT2D eigenvalue weighted by atomic mass is 10.2. The Labute approximate surface area is 117 Å². The summed E-state index contributed by atoms with van der Waals surface area (Å²) in [4.78, 5) is 25.7. The van der Waals surface area contributed by atoms with Crippen molar-refractivity contribution in [2.75, 3.05) is 11.4 Å². The van der Waals surface area contributed by atoms with E-state index in [0.29, 0.717) is 12.4 Å². The van der Waals surface area contributed by atoms with Crippen molar-refractivity contribution in [3.63, 3.8) is 0 Å². The first-order chi connectivity index (χ1) is 9.56. The Balaban J connectivity index is 2.65. The molecule has 5 heteroatoms. The van der Waals surface area contributed by atoms with E-state index < -0.39 is 0 Å². The lowest BCUT2D eigenvalue weighted by molar-refractivity contribution is 0.681. The predicted molar refractivity (Wildman–Crippen MR) is 80.6 cm³/mol. The molecule has 0 amide bonds. The molecule has 20 heavy (non-hydrogen) atoms. The minimum atomic E-state index is -0.350. The van der Waals surface area contributed by atoms with Crippen LogP contribution >= 0.6 is 0 Å². The third-order valence-corrected chi connectivity index (χ3v) is 3.16. The van der Waals surface area contributed by atoms with Crippen LogP contribution in [0.4, 0.5) is 11.5 Å². The number of rotatable bonds is 4. The molecule has 104 valence electrons. The second-order valence-electron chi connectivity index (χ2n) is 4.48. The SMILES string of the molecule is C=CCN(c1ccccc1)c1cc(=O)n(C)c(=O)n1C. The number of nitrogens with zero attached hydrogens (tertiary/aromatic N) is 3. The predicted octanol–water partition coefficient (Wildman–Crippen LogP) is 1.41. The zero-order chi connectivity index (χ0) is 14.7. The molecular formula is C15H17N3O2. The fraction of sp³-hybridized carbons (Fsp3) is 0.200. The highest BCUT2D eigenvalue weighted by atomic mass is 16.2. The lowest BCUT2D eigenvalue weighted by Crippen LogP contribution is -2.39. The number of para-hydroxylation sites is 1. The Hall–Kier alpha value is -2.56. The molecule has 0 saturated heterocycles. The van der Waals surface area contributed by atoms with Crippen molar-refractivity contribution in [1.29, 1.82) is 0 Å². The number of hydrogen-bond donors (Lipinski definition) is 0. The van der Waals surface area contributed by atoms with Crippen LogP contribution in [-0.4, -0.2) is 15.7 Å². The van der Waals surface area contributed by atoms with E-state index in [1.807, 2.05) is 35.2 Å². The Kier molecular flexibility index (Phi) is 3.89. The Morgan fingerprint density at radius 1 is 1.15 bits per heavy atom. The zero-order valence-corrected chi connectivity index (χ0v) is 11.6. The van der Waals surface area contributed by atoms with Gasteiger partial charge in [0.05, 0.1) is 0 Å². The molecule has 0 aliphatic rings. The monoisotopic (exact) mass is 271 g/mol. The van der Waals surface area contributed by atoms with Crippen LogP contribution in [0.1, 0.15) is 0 Å². The maximum absolute atomic E-state index is 12.0. The standard InChI is InChI=1S/C15H17N3O2/c1-4-10-18(12-8-6-5-7-9-12)13-11-14(19)17(3)15(20)16(13)2/h4-9,11H,1,10H2,2-3H3.